The second-order valence-electron chi connectivity index (χ2n) is 9.27. The normalized spacial score (nSPS) is 12.3. The van der Waals surface area contributed by atoms with Crippen molar-refractivity contribution in [3.05, 3.63) is 65.0 Å². The Balaban J connectivity index is 2.44. The molecule has 2 aromatic rings. The van der Waals surface area contributed by atoms with Gasteiger partial charge in [0.25, 0.3) is 0 Å². The van der Waals surface area contributed by atoms with Gasteiger partial charge in [-0.05, 0) is 55.5 Å². The second-order valence-corrected chi connectivity index (χ2v) is 11.2. The van der Waals surface area contributed by atoms with Crippen molar-refractivity contribution >= 4 is 27.5 Å². The molecule has 35 heavy (non-hydrogen) atoms. The van der Waals surface area contributed by atoms with Gasteiger partial charge in [0.1, 0.15) is 18.4 Å². The number of amides is 2. The third-order valence-electron chi connectivity index (χ3n) is 5.64. The van der Waals surface area contributed by atoms with Gasteiger partial charge in [-0.15, -0.1) is 0 Å². The summed E-state index contributed by atoms with van der Waals surface area (Å²) in [5.74, 6) is -1.02. The predicted molar refractivity (Wildman–Crippen MR) is 137 cm³/mol. The van der Waals surface area contributed by atoms with E-state index in [4.69, 9.17) is 0 Å². The number of nitrogens with zero attached hydrogens (tertiary/aromatic N) is 2. The number of nitrogens with one attached hydrogen (secondary N) is 1. The maximum Gasteiger partial charge on any atom is 0.244 e. The first-order chi connectivity index (χ1) is 16.3. The van der Waals surface area contributed by atoms with Gasteiger partial charge in [-0.3, -0.25) is 13.9 Å². The summed E-state index contributed by atoms with van der Waals surface area (Å²) in [4.78, 5) is 28.0. The van der Waals surface area contributed by atoms with Crippen LogP contribution in [0.4, 0.5) is 10.1 Å². The Labute approximate surface area is 208 Å². The van der Waals surface area contributed by atoms with E-state index in [9.17, 15) is 22.4 Å². The summed E-state index contributed by atoms with van der Waals surface area (Å²) in [7, 11) is -3.80. The van der Waals surface area contributed by atoms with Gasteiger partial charge in [0, 0.05) is 13.1 Å². The zero-order valence-electron chi connectivity index (χ0n) is 21.3. The Morgan fingerprint density at radius 2 is 1.69 bits per heavy atom. The molecule has 0 aliphatic heterocycles. The summed E-state index contributed by atoms with van der Waals surface area (Å²) in [6.07, 6.45) is 1.38. The zero-order valence-corrected chi connectivity index (χ0v) is 22.2. The van der Waals surface area contributed by atoms with Crippen molar-refractivity contribution < 1.29 is 22.4 Å². The molecule has 0 bridgehead atoms. The lowest BCUT2D eigenvalue weighted by molar-refractivity contribution is -0.140. The molecule has 0 radical (unpaired) electrons. The fourth-order valence-electron chi connectivity index (χ4n) is 3.81. The van der Waals surface area contributed by atoms with Crippen LogP contribution in [-0.2, 0) is 26.2 Å². The molecule has 0 aliphatic rings. The SMILES string of the molecule is CCC(C(=O)NCC(C)C)N(Cc1ccc(F)cc1)C(=O)CN(c1ccc(C)cc1C)S(C)(=O)=O. The van der Waals surface area contributed by atoms with Gasteiger partial charge >= 0.3 is 0 Å². The van der Waals surface area contributed by atoms with E-state index in [-0.39, 0.29) is 18.4 Å². The van der Waals surface area contributed by atoms with Crippen LogP contribution in [0.3, 0.4) is 0 Å². The fourth-order valence-corrected chi connectivity index (χ4v) is 4.72. The van der Waals surface area contributed by atoms with Crippen LogP contribution in [0.1, 0.15) is 43.9 Å². The van der Waals surface area contributed by atoms with Gasteiger partial charge in [-0.1, -0.05) is 50.6 Å². The minimum absolute atomic E-state index is 0.0389. The number of benzene rings is 2. The molecule has 1 atom stereocenters. The van der Waals surface area contributed by atoms with Gasteiger partial charge in [-0.25, -0.2) is 12.8 Å². The first-order valence-electron chi connectivity index (χ1n) is 11.7. The van der Waals surface area contributed by atoms with Crippen LogP contribution >= 0.6 is 0 Å². The van der Waals surface area contributed by atoms with E-state index in [0.29, 0.717) is 24.2 Å². The third kappa shape index (κ3) is 8.06. The lowest BCUT2D eigenvalue weighted by Crippen LogP contribution is -2.52. The van der Waals surface area contributed by atoms with E-state index in [2.05, 4.69) is 5.32 Å². The molecule has 192 valence electrons. The first kappa shape index (κ1) is 28.3. The molecule has 7 nitrogen and oxygen atoms in total. The van der Waals surface area contributed by atoms with Crippen molar-refractivity contribution in [2.75, 3.05) is 23.7 Å². The zero-order chi connectivity index (χ0) is 26.3. The maximum atomic E-state index is 13.6. The molecule has 0 heterocycles. The first-order valence-corrected chi connectivity index (χ1v) is 13.5. The van der Waals surface area contributed by atoms with Crippen molar-refractivity contribution in [3.63, 3.8) is 0 Å². The molecule has 9 heteroatoms. The number of hydrogen-bond donors (Lipinski definition) is 1. The second kappa shape index (κ2) is 12.2. The highest BCUT2D eigenvalue weighted by Crippen LogP contribution is 2.24. The van der Waals surface area contributed by atoms with E-state index in [1.54, 1.807) is 38.1 Å². The molecule has 0 spiro atoms. The highest BCUT2D eigenvalue weighted by molar-refractivity contribution is 7.92. The summed E-state index contributed by atoms with van der Waals surface area (Å²) < 4.78 is 39.9. The van der Waals surface area contributed by atoms with Crippen molar-refractivity contribution in [2.24, 2.45) is 5.92 Å². The standard InChI is InChI=1S/C26H36FN3O4S/c1-7-23(26(32)28-15-18(2)3)29(16-21-9-11-22(27)12-10-21)25(31)17-30(35(6,33)34)24-13-8-19(4)14-20(24)5/h8-14,18,23H,7,15-17H2,1-6H3,(H,28,32). The van der Waals surface area contributed by atoms with E-state index in [1.165, 1.54) is 17.0 Å². The fraction of sp³-hybridized carbons (Fsp3) is 0.462. The van der Waals surface area contributed by atoms with Crippen molar-refractivity contribution in [1.29, 1.82) is 0 Å². The molecule has 0 saturated heterocycles. The van der Waals surface area contributed by atoms with Crippen LogP contribution in [0.15, 0.2) is 42.5 Å². The minimum atomic E-state index is -3.80. The van der Waals surface area contributed by atoms with Crippen LogP contribution < -0.4 is 9.62 Å². The van der Waals surface area contributed by atoms with Crippen LogP contribution in [0.2, 0.25) is 0 Å². The lowest BCUT2D eigenvalue weighted by atomic mass is 10.1. The largest absolute Gasteiger partial charge is 0.354 e. The highest BCUT2D eigenvalue weighted by atomic mass is 32.2. The summed E-state index contributed by atoms with van der Waals surface area (Å²) in [5.41, 5.74) is 2.73. The molecule has 0 saturated carbocycles. The summed E-state index contributed by atoms with van der Waals surface area (Å²) in [6, 6.07) is 10.2. The number of carbonyl (C=O) groups is 2. The van der Waals surface area contributed by atoms with Crippen LogP contribution in [-0.4, -0.2) is 50.5 Å². The molecule has 0 aliphatic carbocycles. The highest BCUT2D eigenvalue weighted by Gasteiger charge is 2.32. The Hall–Kier alpha value is -2.94. The van der Waals surface area contributed by atoms with Crippen molar-refractivity contribution in [2.45, 2.75) is 53.6 Å². The number of carbonyl (C=O) groups excluding carboxylic acids is 2. The minimum Gasteiger partial charge on any atom is -0.354 e. The van der Waals surface area contributed by atoms with Crippen LogP contribution in [0, 0.1) is 25.6 Å². The molecule has 1 unspecified atom stereocenters. The van der Waals surface area contributed by atoms with Crippen molar-refractivity contribution in [1.82, 2.24) is 10.2 Å². The van der Waals surface area contributed by atoms with E-state index < -0.39 is 34.3 Å². The Morgan fingerprint density at radius 1 is 1.06 bits per heavy atom. The lowest BCUT2D eigenvalue weighted by Gasteiger charge is -2.33. The number of aryl methyl sites for hydroxylation is 2. The summed E-state index contributed by atoms with van der Waals surface area (Å²) in [6.45, 7) is 9.45. The van der Waals surface area contributed by atoms with E-state index in [1.807, 2.05) is 26.8 Å². The van der Waals surface area contributed by atoms with Crippen LogP contribution in [0.25, 0.3) is 0 Å². The number of anilines is 1. The monoisotopic (exact) mass is 505 g/mol. The number of sulfonamides is 1. The van der Waals surface area contributed by atoms with Crippen LogP contribution in [0.5, 0.6) is 0 Å². The molecular formula is C26H36FN3O4S. The predicted octanol–water partition coefficient (Wildman–Crippen LogP) is 3.79. The number of rotatable bonds is 11. The molecule has 1 N–H and O–H groups in total. The number of hydrogen-bond acceptors (Lipinski definition) is 4. The maximum absolute atomic E-state index is 13.6. The Bertz CT molecular complexity index is 1130. The summed E-state index contributed by atoms with van der Waals surface area (Å²) in [5, 5.41) is 2.87. The van der Waals surface area contributed by atoms with E-state index >= 15 is 0 Å². The smallest absolute Gasteiger partial charge is 0.244 e. The Kier molecular flexibility index (Phi) is 9.82. The molecule has 0 aromatic heterocycles. The van der Waals surface area contributed by atoms with Gasteiger partial charge < -0.3 is 10.2 Å². The Morgan fingerprint density at radius 3 is 2.20 bits per heavy atom. The van der Waals surface area contributed by atoms with Gasteiger partial charge in [0.15, 0.2) is 0 Å². The third-order valence-corrected chi connectivity index (χ3v) is 6.76. The topological polar surface area (TPSA) is 86.8 Å². The van der Waals surface area contributed by atoms with Crippen molar-refractivity contribution in [3.8, 4) is 0 Å². The molecule has 0 fully saturated rings. The van der Waals surface area contributed by atoms with Gasteiger partial charge in [0.05, 0.1) is 11.9 Å². The summed E-state index contributed by atoms with van der Waals surface area (Å²) >= 11 is 0. The average molecular weight is 506 g/mol. The molecular weight excluding hydrogens is 469 g/mol. The number of halogens is 1. The molecule has 2 aromatic carbocycles. The van der Waals surface area contributed by atoms with Gasteiger partial charge in [0.2, 0.25) is 21.8 Å². The van der Waals surface area contributed by atoms with E-state index in [0.717, 1.165) is 21.7 Å². The average Bonchev–Trinajstić information content (AvgIpc) is 2.76. The molecule has 2 rings (SSSR count). The van der Waals surface area contributed by atoms with Gasteiger partial charge in [-0.2, -0.15) is 0 Å². The molecule has 2 amide bonds. The quantitative estimate of drug-likeness (QED) is 0.504.